The number of rotatable bonds is 0. The molecule has 0 aromatic rings. The summed E-state index contributed by atoms with van der Waals surface area (Å²) >= 11 is 0. The van der Waals surface area contributed by atoms with Crippen molar-refractivity contribution in [2.45, 2.75) is 19.3 Å². The van der Waals surface area contributed by atoms with Gasteiger partial charge in [0.15, 0.2) is 5.78 Å². The minimum absolute atomic E-state index is 0.218. The molecule has 0 fully saturated rings. The first kappa shape index (κ1) is 6.97. The van der Waals surface area contributed by atoms with Crippen LogP contribution in [-0.2, 0) is 9.59 Å². The van der Waals surface area contributed by atoms with Crippen molar-refractivity contribution in [1.82, 2.24) is 0 Å². The molecule has 1 rings (SSSR count). The summed E-state index contributed by atoms with van der Waals surface area (Å²) in [5.74, 6) is -0.547. The molecule has 0 saturated heterocycles. The summed E-state index contributed by atoms with van der Waals surface area (Å²) in [5.41, 5.74) is 2.82. The largest absolute Gasteiger partial charge is 0.291 e. The minimum atomic E-state index is -0.291. The quantitative estimate of drug-likeness (QED) is 0.368. The molecular formula is C8H8O2. The first-order valence-electron chi connectivity index (χ1n) is 3.26. The van der Waals surface area contributed by atoms with E-state index in [9.17, 15) is 9.59 Å². The highest BCUT2D eigenvalue weighted by molar-refractivity contribution is 6.37. The molecule has 0 unspecified atom stereocenters. The van der Waals surface area contributed by atoms with Gasteiger partial charge in [-0.1, -0.05) is 0 Å². The van der Waals surface area contributed by atoms with E-state index in [0.717, 1.165) is 0 Å². The lowest BCUT2D eigenvalue weighted by Crippen LogP contribution is -2.12. The number of carbonyl (C=O) groups excluding carboxylic acids is 2. The van der Waals surface area contributed by atoms with E-state index < -0.39 is 0 Å². The van der Waals surface area contributed by atoms with E-state index in [1.807, 2.05) is 0 Å². The van der Waals surface area contributed by atoms with Crippen molar-refractivity contribution in [3.63, 3.8) is 0 Å². The summed E-state index contributed by atoms with van der Waals surface area (Å²) in [6, 6.07) is 0. The highest BCUT2D eigenvalue weighted by Gasteiger charge is 2.10. The molecule has 0 aromatic heterocycles. The second kappa shape index (κ2) is 3.14. The third-order valence-electron chi connectivity index (χ3n) is 1.35. The fraction of sp³-hybridized carbons (Fsp3) is 0.375. The summed E-state index contributed by atoms with van der Waals surface area (Å²) in [7, 11) is 0. The van der Waals surface area contributed by atoms with Crippen molar-refractivity contribution in [1.29, 1.82) is 0 Å². The van der Waals surface area contributed by atoms with Gasteiger partial charge in [0.2, 0.25) is 5.78 Å². The van der Waals surface area contributed by atoms with Crippen LogP contribution in [0.5, 0.6) is 0 Å². The van der Waals surface area contributed by atoms with E-state index >= 15 is 0 Å². The standard InChI is InChI=1S/C8H8O2/c9-7-5-3-1-2-4-6-8(7)10/h1,4H,3,5-6H2. The molecule has 0 aromatic carbocycles. The topological polar surface area (TPSA) is 34.1 Å². The monoisotopic (exact) mass is 136 g/mol. The van der Waals surface area contributed by atoms with Gasteiger partial charge in [0.25, 0.3) is 0 Å². The summed E-state index contributed by atoms with van der Waals surface area (Å²) < 4.78 is 0. The van der Waals surface area contributed by atoms with Gasteiger partial charge in [0.05, 0.1) is 0 Å². The predicted molar refractivity (Wildman–Crippen MR) is 36.5 cm³/mol. The first-order valence-corrected chi connectivity index (χ1v) is 3.26. The summed E-state index contributed by atoms with van der Waals surface area (Å²) in [4.78, 5) is 21.5. The van der Waals surface area contributed by atoms with Crippen molar-refractivity contribution in [3.8, 4) is 0 Å². The molecule has 0 atom stereocenters. The Morgan fingerprint density at radius 3 is 2.80 bits per heavy atom. The molecule has 0 bridgehead atoms. The van der Waals surface area contributed by atoms with Crippen LogP contribution in [0.15, 0.2) is 17.9 Å². The van der Waals surface area contributed by atoms with E-state index in [2.05, 4.69) is 5.73 Å². The van der Waals surface area contributed by atoms with E-state index in [4.69, 9.17) is 0 Å². The first-order chi connectivity index (χ1) is 4.80. The van der Waals surface area contributed by atoms with E-state index in [1.54, 1.807) is 12.2 Å². The second-order valence-electron chi connectivity index (χ2n) is 2.16. The second-order valence-corrected chi connectivity index (χ2v) is 2.16. The van der Waals surface area contributed by atoms with Crippen LogP contribution in [0.2, 0.25) is 0 Å². The zero-order chi connectivity index (χ0) is 7.40. The van der Waals surface area contributed by atoms with Gasteiger partial charge in [0.1, 0.15) is 0 Å². The highest BCUT2D eigenvalue weighted by atomic mass is 16.2. The van der Waals surface area contributed by atoms with Crippen molar-refractivity contribution in [2.75, 3.05) is 0 Å². The molecule has 1 aliphatic rings. The Hall–Kier alpha value is -1.14. The highest BCUT2D eigenvalue weighted by Crippen LogP contribution is 1.99. The van der Waals surface area contributed by atoms with Gasteiger partial charge in [-0.3, -0.25) is 9.59 Å². The molecule has 0 aliphatic heterocycles. The van der Waals surface area contributed by atoms with Crippen LogP contribution < -0.4 is 0 Å². The summed E-state index contributed by atoms with van der Waals surface area (Å²) in [5, 5.41) is 0. The number of allylic oxidation sites excluding steroid dienone is 1. The normalized spacial score (nSPS) is 18.8. The van der Waals surface area contributed by atoms with Crippen LogP contribution >= 0.6 is 0 Å². The van der Waals surface area contributed by atoms with E-state index in [1.165, 1.54) is 0 Å². The Bertz CT molecular complexity index is 219. The molecule has 0 radical (unpaired) electrons. The van der Waals surface area contributed by atoms with Gasteiger partial charge in [-0.25, -0.2) is 0 Å². The molecule has 52 valence electrons. The summed E-state index contributed by atoms with van der Waals surface area (Å²) in [6.45, 7) is 0. The Morgan fingerprint density at radius 1 is 1.20 bits per heavy atom. The molecule has 0 spiro atoms. The van der Waals surface area contributed by atoms with Crippen molar-refractivity contribution in [2.24, 2.45) is 0 Å². The predicted octanol–water partition coefficient (Wildman–Crippen LogP) is 1.02. The van der Waals surface area contributed by atoms with Crippen LogP contribution in [0.3, 0.4) is 0 Å². The van der Waals surface area contributed by atoms with E-state index in [-0.39, 0.29) is 18.0 Å². The lowest BCUT2D eigenvalue weighted by atomic mass is 10.1. The third-order valence-corrected chi connectivity index (χ3v) is 1.35. The maximum Gasteiger partial charge on any atom is 0.202 e. The molecule has 0 N–H and O–H groups in total. The average Bonchev–Trinajstić information content (AvgIpc) is 1.92. The third kappa shape index (κ3) is 1.67. The zero-order valence-electron chi connectivity index (χ0n) is 5.59. The van der Waals surface area contributed by atoms with Gasteiger partial charge >= 0.3 is 0 Å². The van der Waals surface area contributed by atoms with E-state index in [0.29, 0.717) is 12.8 Å². The zero-order valence-corrected chi connectivity index (χ0v) is 5.59. The summed E-state index contributed by atoms with van der Waals surface area (Å²) in [6.07, 6.45) is 4.58. The van der Waals surface area contributed by atoms with Crippen molar-refractivity contribution >= 4 is 11.6 Å². The van der Waals surface area contributed by atoms with Gasteiger partial charge < -0.3 is 0 Å². The lowest BCUT2D eigenvalue weighted by molar-refractivity contribution is -0.136. The maximum atomic E-state index is 10.7. The van der Waals surface area contributed by atoms with Crippen LogP contribution in [0.1, 0.15) is 19.3 Å². The van der Waals surface area contributed by atoms with Crippen LogP contribution in [0, 0.1) is 0 Å². The SMILES string of the molecule is O=C1CC=C=CCCC1=O. The number of ketones is 2. The number of hydrogen-bond donors (Lipinski definition) is 0. The van der Waals surface area contributed by atoms with Crippen LogP contribution in [-0.4, -0.2) is 11.6 Å². The van der Waals surface area contributed by atoms with Gasteiger partial charge in [-0.05, 0) is 18.6 Å². The lowest BCUT2D eigenvalue weighted by Gasteiger charge is -1.95. The van der Waals surface area contributed by atoms with Crippen molar-refractivity contribution < 1.29 is 9.59 Å². The Morgan fingerprint density at radius 2 is 2.00 bits per heavy atom. The van der Waals surface area contributed by atoms with Gasteiger partial charge in [-0.2, -0.15) is 0 Å². The molecule has 2 heteroatoms. The molecule has 10 heavy (non-hydrogen) atoms. The number of carbonyl (C=O) groups is 2. The smallest absolute Gasteiger partial charge is 0.202 e. The number of hydrogen-bond acceptors (Lipinski definition) is 2. The fourth-order valence-corrected chi connectivity index (χ4v) is 0.775. The molecular weight excluding hydrogens is 128 g/mol. The minimum Gasteiger partial charge on any atom is -0.291 e. The van der Waals surface area contributed by atoms with Crippen molar-refractivity contribution in [3.05, 3.63) is 17.9 Å². The fourth-order valence-electron chi connectivity index (χ4n) is 0.775. The number of Topliss-reactive ketones (excluding diaryl/α,β-unsaturated/α-hetero) is 2. The Kier molecular flexibility index (Phi) is 2.19. The molecule has 1 aliphatic carbocycles. The van der Waals surface area contributed by atoms with Crippen LogP contribution in [0.25, 0.3) is 0 Å². The Balaban J connectivity index is 2.71. The van der Waals surface area contributed by atoms with Gasteiger partial charge in [0, 0.05) is 12.8 Å². The van der Waals surface area contributed by atoms with Crippen LogP contribution in [0.4, 0.5) is 0 Å². The molecule has 0 heterocycles. The molecule has 2 nitrogen and oxygen atoms in total. The maximum absolute atomic E-state index is 10.7. The molecule has 0 saturated carbocycles. The average molecular weight is 136 g/mol. The van der Waals surface area contributed by atoms with Gasteiger partial charge in [-0.15, -0.1) is 5.73 Å². The Labute approximate surface area is 59.2 Å². The molecule has 0 amide bonds.